The Balaban J connectivity index is 2.19. The zero-order valence-corrected chi connectivity index (χ0v) is 9.09. The number of hydrogen-bond donors (Lipinski definition) is 1. The molecule has 2 heterocycles. The van der Waals surface area contributed by atoms with Crippen LogP contribution in [0.2, 0.25) is 0 Å². The molecule has 1 aromatic heterocycles. The molecule has 1 N–H and O–H groups in total. The van der Waals surface area contributed by atoms with Gasteiger partial charge in [-0.05, 0) is 18.6 Å². The van der Waals surface area contributed by atoms with Gasteiger partial charge in [0.25, 0.3) is 0 Å². The molecule has 0 spiro atoms. The number of methoxy groups -OCH3 is 1. The maximum Gasteiger partial charge on any atom is 0.338 e. The van der Waals surface area contributed by atoms with E-state index < -0.39 is 0 Å². The van der Waals surface area contributed by atoms with Crippen molar-refractivity contribution < 1.29 is 14.6 Å². The first-order valence-corrected chi connectivity index (χ1v) is 5.18. The van der Waals surface area contributed by atoms with Crippen molar-refractivity contribution in [3.63, 3.8) is 0 Å². The van der Waals surface area contributed by atoms with Crippen molar-refractivity contribution in [3.05, 3.63) is 23.9 Å². The van der Waals surface area contributed by atoms with E-state index in [1.165, 1.54) is 7.11 Å². The molecule has 86 valence electrons. The van der Waals surface area contributed by atoms with Crippen molar-refractivity contribution in [2.24, 2.45) is 0 Å². The summed E-state index contributed by atoms with van der Waals surface area (Å²) in [5.74, 6) is 0.336. The molecule has 5 nitrogen and oxygen atoms in total. The third-order valence-electron chi connectivity index (χ3n) is 2.65. The standard InChI is InChI=1S/C11H14N2O3/c1-16-11(15)8-2-4-12-10(6-8)13-5-3-9(14)7-13/h2,4,6,9,14H,3,5,7H2,1H3/t9-/m0/s1. The van der Waals surface area contributed by atoms with E-state index in [0.29, 0.717) is 17.9 Å². The van der Waals surface area contributed by atoms with Gasteiger partial charge in [0.15, 0.2) is 0 Å². The van der Waals surface area contributed by atoms with Gasteiger partial charge in [0, 0.05) is 19.3 Å². The molecule has 1 aromatic rings. The van der Waals surface area contributed by atoms with E-state index in [1.54, 1.807) is 18.3 Å². The topological polar surface area (TPSA) is 62.7 Å². The molecule has 0 bridgehead atoms. The summed E-state index contributed by atoms with van der Waals surface area (Å²) in [6, 6.07) is 3.30. The summed E-state index contributed by atoms with van der Waals surface area (Å²) in [5.41, 5.74) is 0.480. The van der Waals surface area contributed by atoms with Gasteiger partial charge in [-0.1, -0.05) is 0 Å². The van der Waals surface area contributed by atoms with Crippen LogP contribution in [0.3, 0.4) is 0 Å². The summed E-state index contributed by atoms with van der Waals surface area (Å²) in [6.45, 7) is 1.33. The number of ether oxygens (including phenoxy) is 1. The van der Waals surface area contributed by atoms with Crippen molar-refractivity contribution >= 4 is 11.8 Å². The molecule has 1 aliphatic heterocycles. The molecule has 0 aliphatic carbocycles. The van der Waals surface area contributed by atoms with E-state index in [9.17, 15) is 9.90 Å². The molecule has 5 heteroatoms. The van der Waals surface area contributed by atoms with Crippen LogP contribution in [-0.2, 0) is 4.74 Å². The predicted molar refractivity (Wildman–Crippen MR) is 58.4 cm³/mol. The number of hydrogen-bond acceptors (Lipinski definition) is 5. The lowest BCUT2D eigenvalue weighted by Crippen LogP contribution is -2.22. The number of esters is 1. The molecule has 0 saturated carbocycles. The number of β-amino-alcohol motifs (C(OH)–C–C–N with tert-alkyl or cyclic N) is 1. The normalized spacial score (nSPS) is 19.9. The Hall–Kier alpha value is -1.62. The smallest absolute Gasteiger partial charge is 0.338 e. The Morgan fingerprint density at radius 1 is 1.69 bits per heavy atom. The molecule has 0 aromatic carbocycles. The molecule has 1 fully saturated rings. The highest BCUT2D eigenvalue weighted by Crippen LogP contribution is 2.19. The maximum atomic E-state index is 11.3. The SMILES string of the molecule is COC(=O)c1ccnc(N2CC[C@H](O)C2)c1. The molecule has 1 aliphatic rings. The zero-order valence-electron chi connectivity index (χ0n) is 9.09. The molecule has 0 amide bonds. The Kier molecular flexibility index (Phi) is 3.05. The summed E-state index contributed by atoms with van der Waals surface area (Å²) in [7, 11) is 1.35. The fraction of sp³-hybridized carbons (Fsp3) is 0.455. The number of anilines is 1. The van der Waals surface area contributed by atoms with E-state index in [2.05, 4.69) is 9.72 Å². The highest BCUT2D eigenvalue weighted by molar-refractivity contribution is 5.90. The Labute approximate surface area is 93.7 Å². The molecule has 2 rings (SSSR count). The highest BCUT2D eigenvalue weighted by atomic mass is 16.5. The van der Waals surface area contributed by atoms with Crippen LogP contribution < -0.4 is 4.90 Å². The fourth-order valence-corrected chi connectivity index (χ4v) is 1.79. The van der Waals surface area contributed by atoms with Gasteiger partial charge in [-0.25, -0.2) is 9.78 Å². The molecule has 1 saturated heterocycles. The van der Waals surface area contributed by atoms with Gasteiger partial charge in [0.05, 0.1) is 18.8 Å². The number of pyridine rings is 1. The number of carbonyl (C=O) groups excluding carboxylic acids is 1. The minimum Gasteiger partial charge on any atom is -0.465 e. The summed E-state index contributed by atoms with van der Waals surface area (Å²) < 4.78 is 4.64. The lowest BCUT2D eigenvalue weighted by molar-refractivity contribution is 0.0600. The zero-order chi connectivity index (χ0) is 11.5. The fourth-order valence-electron chi connectivity index (χ4n) is 1.79. The number of aliphatic hydroxyl groups is 1. The first-order chi connectivity index (χ1) is 7.70. The highest BCUT2D eigenvalue weighted by Gasteiger charge is 2.21. The van der Waals surface area contributed by atoms with Gasteiger partial charge >= 0.3 is 5.97 Å². The van der Waals surface area contributed by atoms with Crippen LogP contribution in [-0.4, -0.2) is 42.4 Å². The van der Waals surface area contributed by atoms with Crippen molar-refractivity contribution in [1.82, 2.24) is 4.98 Å². The lowest BCUT2D eigenvalue weighted by atomic mass is 10.2. The molecule has 16 heavy (non-hydrogen) atoms. The van der Waals surface area contributed by atoms with Crippen molar-refractivity contribution in [3.8, 4) is 0 Å². The van der Waals surface area contributed by atoms with E-state index in [1.807, 2.05) is 4.90 Å². The Morgan fingerprint density at radius 3 is 3.12 bits per heavy atom. The van der Waals surface area contributed by atoms with Crippen molar-refractivity contribution in [2.75, 3.05) is 25.1 Å². The third-order valence-corrected chi connectivity index (χ3v) is 2.65. The number of rotatable bonds is 2. The van der Waals surface area contributed by atoms with Crippen molar-refractivity contribution in [2.45, 2.75) is 12.5 Å². The summed E-state index contributed by atoms with van der Waals surface area (Å²) in [4.78, 5) is 17.5. The quantitative estimate of drug-likeness (QED) is 0.736. The van der Waals surface area contributed by atoms with Gasteiger partial charge < -0.3 is 14.7 Å². The molecular formula is C11H14N2O3. The molecule has 0 unspecified atom stereocenters. The number of aromatic nitrogens is 1. The predicted octanol–water partition coefficient (Wildman–Crippen LogP) is 0.439. The Bertz CT molecular complexity index is 395. The Morgan fingerprint density at radius 2 is 2.50 bits per heavy atom. The second-order valence-corrected chi connectivity index (χ2v) is 3.78. The van der Waals surface area contributed by atoms with Gasteiger partial charge in [-0.3, -0.25) is 0 Å². The van der Waals surface area contributed by atoms with Gasteiger partial charge in [0.2, 0.25) is 0 Å². The van der Waals surface area contributed by atoms with Gasteiger partial charge in [-0.2, -0.15) is 0 Å². The van der Waals surface area contributed by atoms with Crippen molar-refractivity contribution in [1.29, 1.82) is 0 Å². The monoisotopic (exact) mass is 222 g/mol. The van der Waals surface area contributed by atoms with Crippen LogP contribution in [0.5, 0.6) is 0 Å². The third kappa shape index (κ3) is 2.14. The molecule has 1 atom stereocenters. The van der Waals surface area contributed by atoms with E-state index >= 15 is 0 Å². The van der Waals surface area contributed by atoms with Crippen LogP contribution in [0.25, 0.3) is 0 Å². The van der Waals surface area contributed by atoms with Gasteiger partial charge in [0.1, 0.15) is 5.82 Å². The average molecular weight is 222 g/mol. The maximum absolute atomic E-state index is 11.3. The van der Waals surface area contributed by atoms with Crippen LogP contribution in [0.1, 0.15) is 16.8 Å². The summed E-state index contributed by atoms with van der Waals surface area (Å²) in [5, 5.41) is 9.42. The van der Waals surface area contributed by atoms with Crippen LogP contribution >= 0.6 is 0 Å². The van der Waals surface area contributed by atoms with E-state index in [4.69, 9.17) is 0 Å². The number of aliphatic hydroxyl groups excluding tert-OH is 1. The van der Waals surface area contributed by atoms with E-state index in [0.717, 1.165) is 13.0 Å². The number of carbonyl (C=O) groups is 1. The van der Waals surface area contributed by atoms with Crippen LogP contribution in [0, 0.1) is 0 Å². The first-order valence-electron chi connectivity index (χ1n) is 5.18. The van der Waals surface area contributed by atoms with Crippen LogP contribution in [0.15, 0.2) is 18.3 Å². The van der Waals surface area contributed by atoms with Crippen LogP contribution in [0.4, 0.5) is 5.82 Å². The minimum absolute atomic E-state index is 0.302. The van der Waals surface area contributed by atoms with E-state index in [-0.39, 0.29) is 12.1 Å². The minimum atomic E-state index is -0.372. The summed E-state index contributed by atoms with van der Waals surface area (Å²) >= 11 is 0. The first kappa shape index (κ1) is 10.9. The second kappa shape index (κ2) is 4.49. The second-order valence-electron chi connectivity index (χ2n) is 3.78. The molecular weight excluding hydrogens is 208 g/mol. The summed E-state index contributed by atoms with van der Waals surface area (Å²) in [6.07, 6.45) is 2.01. The number of nitrogens with zero attached hydrogens (tertiary/aromatic N) is 2. The van der Waals surface area contributed by atoms with Gasteiger partial charge in [-0.15, -0.1) is 0 Å². The largest absolute Gasteiger partial charge is 0.465 e. The lowest BCUT2D eigenvalue weighted by Gasteiger charge is -2.16. The molecule has 0 radical (unpaired) electrons. The average Bonchev–Trinajstić information content (AvgIpc) is 2.75.